The number of hydrogen-bond acceptors (Lipinski definition) is 3. The second-order valence-electron chi connectivity index (χ2n) is 2.90. The van der Waals surface area contributed by atoms with E-state index >= 15 is 0 Å². The van der Waals surface area contributed by atoms with Crippen molar-refractivity contribution >= 4 is 35.1 Å². The predicted octanol–water partition coefficient (Wildman–Crippen LogP) is -0.0220. The SMILES string of the molecule is NC(=O)C(=O)NNC(=O)Nc1ccc(Cl)cc1. The third-order valence-electron chi connectivity index (χ3n) is 1.62. The lowest BCUT2D eigenvalue weighted by molar-refractivity contribution is -0.137. The highest BCUT2D eigenvalue weighted by molar-refractivity contribution is 6.34. The number of primary amides is 1. The maximum atomic E-state index is 11.2. The summed E-state index contributed by atoms with van der Waals surface area (Å²) < 4.78 is 0. The number of nitrogens with one attached hydrogen (secondary N) is 3. The first-order valence-electron chi connectivity index (χ1n) is 4.41. The second kappa shape index (κ2) is 5.71. The topological polar surface area (TPSA) is 113 Å². The monoisotopic (exact) mass is 256 g/mol. The molecule has 0 aliphatic carbocycles. The number of amides is 4. The van der Waals surface area contributed by atoms with E-state index in [0.717, 1.165) is 0 Å². The van der Waals surface area contributed by atoms with Gasteiger partial charge < -0.3 is 11.1 Å². The Bertz CT molecular complexity index is 446. The van der Waals surface area contributed by atoms with Gasteiger partial charge in [-0.25, -0.2) is 10.2 Å². The fourth-order valence-corrected chi connectivity index (χ4v) is 0.997. The van der Waals surface area contributed by atoms with Crippen LogP contribution in [0.4, 0.5) is 10.5 Å². The van der Waals surface area contributed by atoms with Crippen molar-refractivity contribution in [1.29, 1.82) is 0 Å². The highest BCUT2D eigenvalue weighted by atomic mass is 35.5. The third kappa shape index (κ3) is 4.39. The van der Waals surface area contributed by atoms with E-state index in [4.69, 9.17) is 11.6 Å². The minimum Gasteiger partial charge on any atom is -0.361 e. The molecule has 0 aliphatic heterocycles. The van der Waals surface area contributed by atoms with Gasteiger partial charge in [-0.05, 0) is 24.3 Å². The molecule has 17 heavy (non-hydrogen) atoms. The van der Waals surface area contributed by atoms with Gasteiger partial charge in [0.1, 0.15) is 0 Å². The molecule has 0 bridgehead atoms. The molecule has 5 N–H and O–H groups in total. The van der Waals surface area contributed by atoms with Crippen molar-refractivity contribution in [3.8, 4) is 0 Å². The average Bonchev–Trinajstić information content (AvgIpc) is 2.29. The summed E-state index contributed by atoms with van der Waals surface area (Å²) in [6, 6.07) is 5.58. The van der Waals surface area contributed by atoms with Crippen LogP contribution in [0.2, 0.25) is 5.02 Å². The van der Waals surface area contributed by atoms with E-state index in [0.29, 0.717) is 10.7 Å². The number of hydrogen-bond donors (Lipinski definition) is 4. The molecular weight excluding hydrogens is 248 g/mol. The van der Waals surface area contributed by atoms with Gasteiger partial charge in [-0.3, -0.25) is 15.0 Å². The molecule has 0 aliphatic rings. The van der Waals surface area contributed by atoms with Crippen molar-refractivity contribution in [1.82, 2.24) is 10.9 Å². The zero-order valence-corrected chi connectivity index (χ0v) is 9.25. The van der Waals surface area contributed by atoms with Gasteiger partial charge >= 0.3 is 17.8 Å². The molecule has 1 rings (SSSR count). The summed E-state index contributed by atoms with van der Waals surface area (Å²) >= 11 is 5.65. The fraction of sp³-hybridized carbons (Fsp3) is 0. The third-order valence-corrected chi connectivity index (χ3v) is 1.87. The molecule has 0 fully saturated rings. The van der Waals surface area contributed by atoms with E-state index in [1.165, 1.54) is 0 Å². The van der Waals surface area contributed by atoms with Gasteiger partial charge in [-0.15, -0.1) is 0 Å². The van der Waals surface area contributed by atoms with Crippen LogP contribution in [-0.4, -0.2) is 17.8 Å². The summed E-state index contributed by atoms with van der Waals surface area (Å²) in [6.45, 7) is 0. The number of halogens is 1. The highest BCUT2D eigenvalue weighted by Crippen LogP contribution is 2.12. The van der Waals surface area contributed by atoms with Crippen LogP contribution in [0, 0.1) is 0 Å². The molecule has 0 saturated heterocycles. The Morgan fingerprint density at radius 2 is 1.65 bits per heavy atom. The van der Waals surface area contributed by atoms with Crippen molar-refractivity contribution in [2.45, 2.75) is 0 Å². The minimum absolute atomic E-state index is 0.472. The number of rotatable bonds is 1. The van der Waals surface area contributed by atoms with E-state index in [1.807, 2.05) is 10.9 Å². The molecule has 0 spiro atoms. The van der Waals surface area contributed by atoms with Crippen LogP contribution in [0.5, 0.6) is 0 Å². The molecule has 0 aromatic heterocycles. The van der Waals surface area contributed by atoms with Crippen molar-refractivity contribution in [3.63, 3.8) is 0 Å². The first kappa shape index (κ1) is 12.8. The van der Waals surface area contributed by atoms with Crippen LogP contribution in [0.15, 0.2) is 24.3 Å². The summed E-state index contributed by atoms with van der Waals surface area (Å²) in [6.07, 6.45) is 0. The predicted molar refractivity (Wildman–Crippen MR) is 60.9 cm³/mol. The number of hydrazine groups is 1. The van der Waals surface area contributed by atoms with Gasteiger partial charge in [-0.2, -0.15) is 0 Å². The van der Waals surface area contributed by atoms with Gasteiger partial charge in [0.25, 0.3) is 0 Å². The smallest absolute Gasteiger partial charge is 0.337 e. The lowest BCUT2D eigenvalue weighted by atomic mass is 10.3. The Kier molecular flexibility index (Phi) is 4.29. The average molecular weight is 257 g/mol. The van der Waals surface area contributed by atoms with Crippen molar-refractivity contribution in [2.24, 2.45) is 5.73 Å². The number of nitrogens with two attached hydrogens (primary N) is 1. The molecule has 90 valence electrons. The normalized spacial score (nSPS) is 9.24. The van der Waals surface area contributed by atoms with Gasteiger partial charge in [-0.1, -0.05) is 11.6 Å². The maximum Gasteiger partial charge on any atom is 0.337 e. The van der Waals surface area contributed by atoms with E-state index in [1.54, 1.807) is 24.3 Å². The number of carbonyl (C=O) groups is 3. The lowest BCUT2D eigenvalue weighted by Crippen LogP contribution is -2.48. The molecule has 1 aromatic carbocycles. The maximum absolute atomic E-state index is 11.2. The van der Waals surface area contributed by atoms with Crippen LogP contribution >= 0.6 is 11.6 Å². The number of urea groups is 1. The molecule has 0 unspecified atom stereocenters. The molecule has 8 heteroatoms. The number of anilines is 1. The standard InChI is InChI=1S/C9H9ClN4O3/c10-5-1-3-6(4-2-5)12-9(17)14-13-8(16)7(11)15/h1-4H,(H2,11,15)(H,13,16)(H2,12,14,17). The van der Waals surface area contributed by atoms with E-state index in [9.17, 15) is 14.4 Å². The van der Waals surface area contributed by atoms with Crippen molar-refractivity contribution in [2.75, 3.05) is 5.32 Å². The van der Waals surface area contributed by atoms with Gasteiger partial charge in [0.05, 0.1) is 0 Å². The summed E-state index contributed by atoms with van der Waals surface area (Å²) in [5.41, 5.74) is 8.88. The molecule has 0 heterocycles. The van der Waals surface area contributed by atoms with Crippen LogP contribution in [0.3, 0.4) is 0 Å². The van der Waals surface area contributed by atoms with Gasteiger partial charge in [0.2, 0.25) is 0 Å². The fourth-order valence-electron chi connectivity index (χ4n) is 0.871. The van der Waals surface area contributed by atoms with E-state index < -0.39 is 17.8 Å². The highest BCUT2D eigenvalue weighted by Gasteiger charge is 2.09. The van der Waals surface area contributed by atoms with Crippen LogP contribution in [-0.2, 0) is 9.59 Å². The van der Waals surface area contributed by atoms with Crippen molar-refractivity contribution in [3.05, 3.63) is 29.3 Å². The Hall–Kier alpha value is -2.28. The Morgan fingerprint density at radius 1 is 1.06 bits per heavy atom. The summed E-state index contributed by atoms with van der Waals surface area (Å²) in [4.78, 5) is 32.2. The Labute approximate surface area is 101 Å². The van der Waals surface area contributed by atoms with Crippen LogP contribution in [0.25, 0.3) is 0 Å². The van der Waals surface area contributed by atoms with Crippen molar-refractivity contribution < 1.29 is 14.4 Å². The first-order valence-corrected chi connectivity index (χ1v) is 4.79. The molecule has 7 nitrogen and oxygen atoms in total. The largest absolute Gasteiger partial charge is 0.361 e. The summed E-state index contributed by atoms with van der Waals surface area (Å²) in [7, 11) is 0. The molecule has 4 amide bonds. The number of carbonyl (C=O) groups excluding carboxylic acids is 3. The quantitative estimate of drug-likeness (QED) is 0.418. The van der Waals surface area contributed by atoms with E-state index in [2.05, 4.69) is 11.1 Å². The lowest BCUT2D eigenvalue weighted by Gasteiger charge is -2.07. The van der Waals surface area contributed by atoms with Crippen LogP contribution in [0.1, 0.15) is 0 Å². The minimum atomic E-state index is -1.20. The molecule has 0 atom stereocenters. The summed E-state index contributed by atoms with van der Waals surface area (Å²) in [5.74, 6) is -2.31. The Morgan fingerprint density at radius 3 is 2.18 bits per heavy atom. The van der Waals surface area contributed by atoms with E-state index in [-0.39, 0.29) is 0 Å². The summed E-state index contributed by atoms with van der Waals surface area (Å²) in [5, 5.41) is 2.91. The van der Waals surface area contributed by atoms with Gasteiger partial charge in [0, 0.05) is 10.7 Å². The molecular formula is C9H9ClN4O3. The van der Waals surface area contributed by atoms with Gasteiger partial charge in [0.15, 0.2) is 0 Å². The second-order valence-corrected chi connectivity index (χ2v) is 3.34. The first-order chi connectivity index (χ1) is 7.99. The molecule has 0 saturated carbocycles. The molecule has 1 aromatic rings. The zero-order valence-electron chi connectivity index (χ0n) is 8.49. The zero-order chi connectivity index (χ0) is 12.8. The molecule has 0 radical (unpaired) electrons. The van der Waals surface area contributed by atoms with Crippen LogP contribution < -0.4 is 21.9 Å². The Balaban J connectivity index is 2.42. The number of benzene rings is 1.